The van der Waals surface area contributed by atoms with E-state index in [9.17, 15) is 0 Å². The fourth-order valence-electron chi connectivity index (χ4n) is 2.41. The Labute approximate surface area is 113 Å². The molecule has 0 radical (unpaired) electrons. The molecule has 96 valence electrons. The van der Waals surface area contributed by atoms with Crippen LogP contribution in [0, 0.1) is 13.8 Å². The van der Waals surface area contributed by atoms with Crippen LogP contribution in [-0.2, 0) is 0 Å². The van der Waals surface area contributed by atoms with E-state index in [1.165, 1.54) is 22.1 Å². The number of rotatable bonds is 2. The zero-order valence-electron chi connectivity index (χ0n) is 11.4. The van der Waals surface area contributed by atoms with Crippen molar-refractivity contribution in [1.29, 1.82) is 0 Å². The van der Waals surface area contributed by atoms with Crippen molar-refractivity contribution in [3.63, 3.8) is 0 Å². The van der Waals surface area contributed by atoms with Gasteiger partial charge in [0.2, 0.25) is 0 Å². The van der Waals surface area contributed by atoms with Crippen LogP contribution in [0.15, 0.2) is 42.5 Å². The van der Waals surface area contributed by atoms with Crippen LogP contribution < -0.4 is 4.74 Å². The highest BCUT2D eigenvalue weighted by atomic mass is 16.5. The number of ether oxygens (including phenoxy) is 1. The Morgan fingerprint density at radius 1 is 0.947 bits per heavy atom. The van der Waals surface area contributed by atoms with Gasteiger partial charge in [-0.05, 0) is 49.7 Å². The number of benzene rings is 2. The van der Waals surface area contributed by atoms with E-state index in [0.717, 1.165) is 17.0 Å². The molecule has 19 heavy (non-hydrogen) atoms. The van der Waals surface area contributed by atoms with Crippen molar-refractivity contribution in [2.45, 2.75) is 13.8 Å². The Hall–Kier alpha value is -2.22. The molecular weight excluding hydrogens is 234 g/mol. The summed E-state index contributed by atoms with van der Waals surface area (Å²) >= 11 is 0. The Kier molecular flexibility index (Phi) is 2.79. The van der Waals surface area contributed by atoms with E-state index in [4.69, 9.17) is 4.74 Å². The Bertz CT molecular complexity index is 740. The maximum atomic E-state index is 5.27. The Morgan fingerprint density at radius 3 is 2.58 bits per heavy atom. The summed E-state index contributed by atoms with van der Waals surface area (Å²) in [4.78, 5) is 3.48. The zero-order chi connectivity index (χ0) is 13.4. The molecule has 0 aliphatic carbocycles. The molecule has 3 aromatic rings. The Morgan fingerprint density at radius 2 is 1.79 bits per heavy atom. The lowest BCUT2D eigenvalue weighted by molar-refractivity contribution is 0.415. The minimum absolute atomic E-state index is 0.888. The zero-order valence-corrected chi connectivity index (χ0v) is 11.4. The van der Waals surface area contributed by atoms with E-state index >= 15 is 0 Å². The van der Waals surface area contributed by atoms with Gasteiger partial charge in [-0.2, -0.15) is 0 Å². The molecule has 0 amide bonds. The predicted octanol–water partition coefficient (Wildman–Crippen LogP) is 4.46. The van der Waals surface area contributed by atoms with Crippen LogP contribution in [0.3, 0.4) is 0 Å². The molecule has 1 N–H and O–H groups in total. The van der Waals surface area contributed by atoms with Crippen LogP contribution in [-0.4, -0.2) is 12.1 Å². The molecule has 2 aromatic carbocycles. The lowest BCUT2D eigenvalue weighted by atomic mass is 10.0. The number of hydrogen-bond donors (Lipinski definition) is 1. The van der Waals surface area contributed by atoms with E-state index in [0.29, 0.717) is 0 Å². The smallest absolute Gasteiger partial charge is 0.119 e. The van der Waals surface area contributed by atoms with Gasteiger partial charge in [0.1, 0.15) is 5.75 Å². The molecule has 0 bridgehead atoms. The van der Waals surface area contributed by atoms with Crippen molar-refractivity contribution >= 4 is 10.9 Å². The minimum Gasteiger partial charge on any atom is -0.497 e. The topological polar surface area (TPSA) is 25.0 Å². The van der Waals surface area contributed by atoms with Gasteiger partial charge in [-0.1, -0.05) is 17.7 Å². The molecule has 3 rings (SSSR count). The highest BCUT2D eigenvalue weighted by Gasteiger charge is 2.07. The second kappa shape index (κ2) is 4.47. The summed E-state index contributed by atoms with van der Waals surface area (Å²) in [5, 5.41) is 1.18. The summed E-state index contributed by atoms with van der Waals surface area (Å²) in [6, 6.07) is 14.8. The third kappa shape index (κ3) is 2.10. The van der Waals surface area contributed by atoms with Crippen molar-refractivity contribution in [3.8, 4) is 17.0 Å². The third-order valence-corrected chi connectivity index (χ3v) is 3.51. The van der Waals surface area contributed by atoms with E-state index in [-0.39, 0.29) is 0 Å². The minimum atomic E-state index is 0.888. The number of hydrogen-bond acceptors (Lipinski definition) is 1. The summed E-state index contributed by atoms with van der Waals surface area (Å²) in [5.41, 5.74) is 6.11. The average Bonchev–Trinajstić information content (AvgIpc) is 2.83. The number of fused-ring (bicyclic) bond motifs is 1. The summed E-state index contributed by atoms with van der Waals surface area (Å²) in [5.74, 6) is 0.888. The maximum absolute atomic E-state index is 5.27. The number of aromatic nitrogens is 1. The largest absolute Gasteiger partial charge is 0.497 e. The molecule has 0 spiro atoms. The standard InChI is InChI=1S/C17H17NO/c1-11-4-5-12(2)15(8-11)17-10-13-9-14(19-3)6-7-16(13)18-17/h4-10,18H,1-3H3. The highest BCUT2D eigenvalue weighted by molar-refractivity contribution is 5.87. The quantitative estimate of drug-likeness (QED) is 0.714. The van der Waals surface area contributed by atoms with E-state index < -0.39 is 0 Å². The van der Waals surface area contributed by atoms with Gasteiger partial charge in [0.15, 0.2) is 0 Å². The van der Waals surface area contributed by atoms with E-state index in [1.54, 1.807) is 7.11 Å². The molecule has 1 aromatic heterocycles. The van der Waals surface area contributed by atoms with Crippen LogP contribution in [0.25, 0.3) is 22.2 Å². The van der Waals surface area contributed by atoms with Gasteiger partial charge in [-0.15, -0.1) is 0 Å². The molecule has 0 saturated heterocycles. The second-order valence-corrected chi connectivity index (χ2v) is 4.95. The van der Waals surface area contributed by atoms with E-state index in [1.807, 2.05) is 6.07 Å². The number of methoxy groups -OCH3 is 1. The first kappa shape index (κ1) is 11.8. The molecule has 0 aliphatic heterocycles. The van der Waals surface area contributed by atoms with Gasteiger partial charge >= 0.3 is 0 Å². The first-order valence-corrected chi connectivity index (χ1v) is 6.42. The number of H-pyrrole nitrogens is 1. The average molecular weight is 251 g/mol. The highest BCUT2D eigenvalue weighted by Crippen LogP contribution is 2.29. The lowest BCUT2D eigenvalue weighted by Crippen LogP contribution is -1.84. The number of aromatic amines is 1. The van der Waals surface area contributed by atoms with Crippen molar-refractivity contribution in [2.75, 3.05) is 7.11 Å². The SMILES string of the molecule is COc1ccc2[nH]c(-c3cc(C)ccc3C)cc2c1. The van der Waals surface area contributed by atoms with Gasteiger partial charge in [-0.3, -0.25) is 0 Å². The van der Waals surface area contributed by atoms with E-state index in [2.05, 4.69) is 55.2 Å². The molecule has 2 nitrogen and oxygen atoms in total. The Balaban J connectivity index is 2.17. The monoisotopic (exact) mass is 251 g/mol. The summed E-state index contributed by atoms with van der Waals surface area (Å²) in [6.45, 7) is 4.26. The fraction of sp³-hybridized carbons (Fsp3) is 0.176. The second-order valence-electron chi connectivity index (χ2n) is 4.95. The molecule has 2 heteroatoms. The molecule has 0 saturated carbocycles. The molecular formula is C17H17NO. The van der Waals surface area contributed by atoms with Gasteiger partial charge in [-0.25, -0.2) is 0 Å². The van der Waals surface area contributed by atoms with Crippen LogP contribution >= 0.6 is 0 Å². The lowest BCUT2D eigenvalue weighted by Gasteiger charge is -2.04. The van der Waals surface area contributed by atoms with Gasteiger partial charge in [0, 0.05) is 22.2 Å². The first-order chi connectivity index (χ1) is 9.17. The molecule has 1 heterocycles. The molecule has 0 unspecified atom stereocenters. The van der Waals surface area contributed by atoms with Gasteiger partial charge in [0.05, 0.1) is 7.11 Å². The summed E-state index contributed by atoms with van der Waals surface area (Å²) in [6.07, 6.45) is 0. The first-order valence-electron chi connectivity index (χ1n) is 6.42. The van der Waals surface area contributed by atoms with Gasteiger partial charge in [0.25, 0.3) is 0 Å². The normalized spacial score (nSPS) is 10.9. The predicted molar refractivity (Wildman–Crippen MR) is 79.8 cm³/mol. The molecule has 0 atom stereocenters. The van der Waals surface area contributed by atoms with Crippen LogP contribution in [0.4, 0.5) is 0 Å². The van der Waals surface area contributed by atoms with Crippen LogP contribution in [0.1, 0.15) is 11.1 Å². The third-order valence-electron chi connectivity index (χ3n) is 3.51. The fourth-order valence-corrected chi connectivity index (χ4v) is 2.41. The van der Waals surface area contributed by atoms with Crippen LogP contribution in [0.2, 0.25) is 0 Å². The number of aryl methyl sites for hydroxylation is 2. The number of nitrogens with one attached hydrogen (secondary N) is 1. The van der Waals surface area contributed by atoms with Crippen LogP contribution in [0.5, 0.6) is 5.75 Å². The van der Waals surface area contributed by atoms with Crippen molar-refractivity contribution in [3.05, 3.63) is 53.6 Å². The van der Waals surface area contributed by atoms with Crippen molar-refractivity contribution < 1.29 is 4.74 Å². The summed E-state index contributed by atoms with van der Waals surface area (Å²) < 4.78 is 5.27. The molecule has 0 aliphatic rings. The van der Waals surface area contributed by atoms with Gasteiger partial charge < -0.3 is 9.72 Å². The van der Waals surface area contributed by atoms with Crippen molar-refractivity contribution in [2.24, 2.45) is 0 Å². The van der Waals surface area contributed by atoms with Crippen molar-refractivity contribution in [1.82, 2.24) is 4.98 Å². The maximum Gasteiger partial charge on any atom is 0.119 e. The summed E-state index contributed by atoms with van der Waals surface area (Å²) in [7, 11) is 1.69. The molecule has 0 fully saturated rings.